The summed E-state index contributed by atoms with van der Waals surface area (Å²) in [6, 6.07) is 9.09. The molecule has 0 amide bonds. The highest BCUT2D eigenvalue weighted by Crippen LogP contribution is 2.21. The van der Waals surface area contributed by atoms with Crippen molar-refractivity contribution in [3.63, 3.8) is 0 Å². The molecule has 0 saturated carbocycles. The fourth-order valence-corrected chi connectivity index (χ4v) is 2.20. The van der Waals surface area contributed by atoms with Gasteiger partial charge in [-0.15, -0.1) is 10.2 Å². The van der Waals surface area contributed by atoms with Crippen LogP contribution in [0.1, 0.15) is 17.0 Å². The Bertz CT molecular complexity index is 440. The van der Waals surface area contributed by atoms with E-state index in [1.165, 1.54) is 11.1 Å². The Balaban J connectivity index is 1.60. The lowest BCUT2D eigenvalue weighted by Gasteiger charge is -2.09. The summed E-state index contributed by atoms with van der Waals surface area (Å²) in [5, 5.41) is 17.3. The van der Waals surface area contributed by atoms with Gasteiger partial charge in [0.15, 0.2) is 5.82 Å². The molecule has 5 heteroatoms. The van der Waals surface area contributed by atoms with E-state index in [0.29, 0.717) is 12.6 Å². The molecule has 0 bridgehead atoms. The maximum atomic E-state index is 3.92. The van der Waals surface area contributed by atoms with Crippen LogP contribution in [0.15, 0.2) is 24.3 Å². The maximum absolute atomic E-state index is 3.92. The standard InChI is InChI=1S/C11H13N5/c1-2-4-9-6-10(5-8(9)3-1)12-7-11-13-15-16-14-11/h1-4,10,12H,5-7H2,(H,13,14,15,16). The summed E-state index contributed by atoms with van der Waals surface area (Å²) in [6.07, 6.45) is 2.18. The zero-order chi connectivity index (χ0) is 10.8. The zero-order valence-electron chi connectivity index (χ0n) is 8.85. The number of nitrogens with one attached hydrogen (secondary N) is 2. The van der Waals surface area contributed by atoms with Crippen molar-refractivity contribution in [2.45, 2.75) is 25.4 Å². The second kappa shape index (κ2) is 4.02. The molecule has 0 atom stereocenters. The van der Waals surface area contributed by atoms with Crippen molar-refractivity contribution in [1.29, 1.82) is 0 Å². The van der Waals surface area contributed by atoms with Crippen LogP contribution in [0.4, 0.5) is 0 Å². The molecule has 1 aromatic heterocycles. The van der Waals surface area contributed by atoms with Crippen LogP contribution in [0.3, 0.4) is 0 Å². The van der Waals surface area contributed by atoms with Crippen molar-refractivity contribution in [2.24, 2.45) is 0 Å². The number of tetrazole rings is 1. The molecular weight excluding hydrogens is 202 g/mol. The zero-order valence-corrected chi connectivity index (χ0v) is 8.85. The molecule has 2 N–H and O–H groups in total. The molecule has 0 saturated heterocycles. The molecule has 1 aliphatic rings. The van der Waals surface area contributed by atoms with Crippen molar-refractivity contribution >= 4 is 0 Å². The normalized spacial score (nSPS) is 15.2. The van der Waals surface area contributed by atoms with Gasteiger partial charge in [-0.05, 0) is 24.0 Å². The van der Waals surface area contributed by atoms with Gasteiger partial charge in [0.05, 0.1) is 6.54 Å². The number of hydrogen-bond acceptors (Lipinski definition) is 4. The highest BCUT2D eigenvalue weighted by atomic mass is 15.5. The first-order valence-electron chi connectivity index (χ1n) is 5.44. The topological polar surface area (TPSA) is 66.5 Å². The molecule has 5 nitrogen and oxygen atoms in total. The number of aromatic nitrogens is 4. The van der Waals surface area contributed by atoms with Gasteiger partial charge in [0.25, 0.3) is 0 Å². The number of fused-ring (bicyclic) bond motifs is 1. The third kappa shape index (κ3) is 1.81. The predicted octanol–water partition coefficient (Wildman–Crippen LogP) is 0.457. The van der Waals surface area contributed by atoms with Crippen molar-refractivity contribution < 1.29 is 0 Å². The van der Waals surface area contributed by atoms with Gasteiger partial charge >= 0.3 is 0 Å². The molecule has 2 aromatic rings. The third-order valence-electron chi connectivity index (χ3n) is 2.99. The molecule has 1 heterocycles. The average Bonchev–Trinajstić information content (AvgIpc) is 2.95. The van der Waals surface area contributed by atoms with E-state index in [1.54, 1.807) is 0 Å². The highest BCUT2D eigenvalue weighted by Gasteiger charge is 2.20. The second-order valence-corrected chi connectivity index (χ2v) is 4.08. The minimum atomic E-state index is 0.496. The third-order valence-corrected chi connectivity index (χ3v) is 2.99. The van der Waals surface area contributed by atoms with Crippen LogP contribution in [0.25, 0.3) is 0 Å². The smallest absolute Gasteiger partial charge is 0.188 e. The Kier molecular flexibility index (Phi) is 2.38. The van der Waals surface area contributed by atoms with E-state index in [4.69, 9.17) is 0 Å². The lowest BCUT2D eigenvalue weighted by molar-refractivity contribution is 0.522. The summed E-state index contributed by atoms with van der Waals surface area (Å²) in [5.41, 5.74) is 2.90. The van der Waals surface area contributed by atoms with Crippen molar-refractivity contribution in [3.8, 4) is 0 Å². The molecule has 0 fully saturated rings. The summed E-state index contributed by atoms with van der Waals surface area (Å²) < 4.78 is 0. The summed E-state index contributed by atoms with van der Waals surface area (Å²) in [4.78, 5) is 0. The molecule has 1 aliphatic carbocycles. The van der Waals surface area contributed by atoms with Gasteiger partial charge in [0.2, 0.25) is 0 Å². The first kappa shape index (κ1) is 9.47. The van der Waals surface area contributed by atoms with Crippen molar-refractivity contribution in [1.82, 2.24) is 25.9 Å². The summed E-state index contributed by atoms with van der Waals surface area (Å²) in [7, 11) is 0. The first-order chi connectivity index (χ1) is 7.92. The molecule has 0 unspecified atom stereocenters. The van der Waals surface area contributed by atoms with E-state index in [1.807, 2.05) is 0 Å². The van der Waals surface area contributed by atoms with Gasteiger partial charge in [0.1, 0.15) is 0 Å². The van der Waals surface area contributed by atoms with Crippen LogP contribution in [-0.2, 0) is 19.4 Å². The highest BCUT2D eigenvalue weighted by molar-refractivity contribution is 5.33. The minimum absolute atomic E-state index is 0.496. The van der Waals surface area contributed by atoms with E-state index in [2.05, 4.69) is 50.2 Å². The van der Waals surface area contributed by atoms with E-state index in [0.717, 1.165) is 18.7 Å². The number of rotatable bonds is 3. The van der Waals surface area contributed by atoms with Gasteiger partial charge in [-0.3, -0.25) is 0 Å². The lowest BCUT2D eigenvalue weighted by Crippen LogP contribution is -2.29. The van der Waals surface area contributed by atoms with Crippen molar-refractivity contribution in [3.05, 3.63) is 41.2 Å². The Morgan fingerprint density at radius 2 is 2.00 bits per heavy atom. The van der Waals surface area contributed by atoms with E-state index >= 15 is 0 Å². The van der Waals surface area contributed by atoms with Crippen LogP contribution in [0.5, 0.6) is 0 Å². The molecule has 16 heavy (non-hydrogen) atoms. The number of H-pyrrole nitrogens is 1. The second-order valence-electron chi connectivity index (χ2n) is 4.08. The fraction of sp³-hybridized carbons (Fsp3) is 0.364. The van der Waals surface area contributed by atoms with Gasteiger partial charge in [0, 0.05) is 6.04 Å². The fourth-order valence-electron chi connectivity index (χ4n) is 2.20. The van der Waals surface area contributed by atoms with Gasteiger partial charge < -0.3 is 5.32 Å². The number of aromatic amines is 1. The van der Waals surface area contributed by atoms with Crippen LogP contribution in [-0.4, -0.2) is 26.7 Å². The van der Waals surface area contributed by atoms with Gasteiger partial charge in [-0.2, -0.15) is 5.21 Å². The van der Waals surface area contributed by atoms with Crippen LogP contribution in [0.2, 0.25) is 0 Å². The Morgan fingerprint density at radius 1 is 1.25 bits per heavy atom. The van der Waals surface area contributed by atoms with Crippen LogP contribution >= 0.6 is 0 Å². The molecule has 0 radical (unpaired) electrons. The van der Waals surface area contributed by atoms with Crippen LogP contribution < -0.4 is 5.32 Å². The minimum Gasteiger partial charge on any atom is -0.306 e. The Morgan fingerprint density at radius 3 is 2.62 bits per heavy atom. The Labute approximate surface area is 93.3 Å². The van der Waals surface area contributed by atoms with Gasteiger partial charge in [-0.25, -0.2) is 0 Å². The Hall–Kier alpha value is -1.75. The van der Waals surface area contributed by atoms with E-state index in [-0.39, 0.29) is 0 Å². The molecule has 0 spiro atoms. The number of hydrogen-bond donors (Lipinski definition) is 2. The quantitative estimate of drug-likeness (QED) is 0.780. The molecule has 1 aromatic carbocycles. The molecule has 3 rings (SSSR count). The maximum Gasteiger partial charge on any atom is 0.188 e. The monoisotopic (exact) mass is 215 g/mol. The number of benzene rings is 1. The molecule has 0 aliphatic heterocycles. The molecular formula is C11H13N5. The SMILES string of the molecule is c1ccc2c(c1)CC(NCc1nn[nH]n1)C2. The van der Waals surface area contributed by atoms with E-state index in [9.17, 15) is 0 Å². The van der Waals surface area contributed by atoms with Gasteiger partial charge in [-0.1, -0.05) is 29.5 Å². The average molecular weight is 215 g/mol. The molecule has 82 valence electrons. The lowest BCUT2D eigenvalue weighted by atomic mass is 10.1. The summed E-state index contributed by atoms with van der Waals surface area (Å²) in [5.74, 6) is 0.718. The van der Waals surface area contributed by atoms with Crippen LogP contribution in [0, 0.1) is 0 Å². The first-order valence-corrected chi connectivity index (χ1v) is 5.44. The van der Waals surface area contributed by atoms with Crippen molar-refractivity contribution in [2.75, 3.05) is 0 Å². The largest absolute Gasteiger partial charge is 0.306 e. The number of nitrogens with zero attached hydrogens (tertiary/aromatic N) is 3. The predicted molar refractivity (Wildman–Crippen MR) is 58.7 cm³/mol. The summed E-state index contributed by atoms with van der Waals surface area (Å²) >= 11 is 0. The summed E-state index contributed by atoms with van der Waals surface area (Å²) in [6.45, 7) is 0.676. The van der Waals surface area contributed by atoms with E-state index < -0.39 is 0 Å².